The maximum Gasteiger partial charge on any atom is 0.160 e. The van der Waals surface area contributed by atoms with Gasteiger partial charge in [0.25, 0.3) is 0 Å². The normalized spacial score (nSPS) is 10.1. The molecular weight excluding hydrogens is 228 g/mol. The zero-order valence-corrected chi connectivity index (χ0v) is 10.5. The summed E-state index contributed by atoms with van der Waals surface area (Å²) in [4.78, 5) is 4.18. The second kappa shape index (κ2) is 5.40. The Morgan fingerprint density at radius 2 is 2.00 bits per heavy atom. The van der Waals surface area contributed by atoms with Crippen molar-refractivity contribution < 1.29 is 9.84 Å². The van der Waals surface area contributed by atoms with Crippen molar-refractivity contribution in [3.8, 4) is 11.5 Å². The van der Waals surface area contributed by atoms with Gasteiger partial charge in [0.15, 0.2) is 5.75 Å². The highest BCUT2D eigenvalue weighted by Gasteiger charge is 2.03. The topological polar surface area (TPSA) is 54.4 Å². The standard InChI is InChI=1S/C14H16N2O2/c1-10-7-13(14(18-2)9-15-10)16-8-11-3-5-12(17)6-4-11/h3-7,9,17H,8H2,1-2H3,(H,15,16). The van der Waals surface area contributed by atoms with E-state index < -0.39 is 0 Å². The number of aryl methyl sites for hydroxylation is 1. The molecule has 0 bridgehead atoms. The summed E-state index contributed by atoms with van der Waals surface area (Å²) in [6, 6.07) is 9.04. The van der Waals surface area contributed by atoms with Crippen LogP contribution in [0, 0.1) is 6.92 Å². The number of aromatic nitrogens is 1. The highest BCUT2D eigenvalue weighted by atomic mass is 16.5. The molecular formula is C14H16N2O2. The van der Waals surface area contributed by atoms with Gasteiger partial charge in [0.05, 0.1) is 19.0 Å². The number of nitrogens with zero attached hydrogens (tertiary/aromatic N) is 1. The third-order valence-electron chi connectivity index (χ3n) is 2.64. The van der Waals surface area contributed by atoms with E-state index in [0.717, 1.165) is 22.7 Å². The molecule has 0 amide bonds. The zero-order valence-electron chi connectivity index (χ0n) is 10.5. The smallest absolute Gasteiger partial charge is 0.160 e. The molecule has 2 aromatic rings. The number of aromatic hydroxyl groups is 1. The highest BCUT2D eigenvalue weighted by molar-refractivity contribution is 5.56. The van der Waals surface area contributed by atoms with Gasteiger partial charge >= 0.3 is 0 Å². The third-order valence-corrected chi connectivity index (χ3v) is 2.64. The lowest BCUT2D eigenvalue weighted by Gasteiger charge is -2.11. The predicted molar refractivity (Wildman–Crippen MR) is 71.0 cm³/mol. The minimum atomic E-state index is 0.274. The van der Waals surface area contributed by atoms with Crippen LogP contribution < -0.4 is 10.1 Å². The maximum atomic E-state index is 9.21. The van der Waals surface area contributed by atoms with Gasteiger partial charge in [-0.15, -0.1) is 0 Å². The van der Waals surface area contributed by atoms with E-state index in [2.05, 4.69) is 10.3 Å². The molecule has 0 spiro atoms. The molecule has 2 rings (SSSR count). The monoisotopic (exact) mass is 244 g/mol. The second-order valence-corrected chi connectivity index (χ2v) is 4.05. The van der Waals surface area contributed by atoms with Crippen molar-refractivity contribution in [3.63, 3.8) is 0 Å². The molecule has 94 valence electrons. The van der Waals surface area contributed by atoms with Gasteiger partial charge in [-0.2, -0.15) is 0 Å². The molecule has 0 fully saturated rings. The van der Waals surface area contributed by atoms with Crippen LogP contribution in [-0.4, -0.2) is 17.2 Å². The second-order valence-electron chi connectivity index (χ2n) is 4.05. The first-order chi connectivity index (χ1) is 8.69. The Bertz CT molecular complexity index is 524. The Hall–Kier alpha value is -2.23. The number of hydrogen-bond donors (Lipinski definition) is 2. The van der Waals surface area contributed by atoms with E-state index in [1.54, 1.807) is 25.4 Å². The number of ether oxygens (including phenoxy) is 1. The Labute approximate surface area is 106 Å². The van der Waals surface area contributed by atoms with Crippen LogP contribution in [0.25, 0.3) is 0 Å². The molecule has 0 unspecified atom stereocenters. The Balaban J connectivity index is 2.09. The molecule has 0 saturated heterocycles. The molecule has 18 heavy (non-hydrogen) atoms. The Morgan fingerprint density at radius 1 is 1.28 bits per heavy atom. The first kappa shape index (κ1) is 12.2. The number of rotatable bonds is 4. The molecule has 2 N–H and O–H groups in total. The van der Waals surface area contributed by atoms with Gasteiger partial charge in [-0.1, -0.05) is 12.1 Å². The van der Waals surface area contributed by atoms with Crippen molar-refractivity contribution in [2.45, 2.75) is 13.5 Å². The highest BCUT2D eigenvalue weighted by Crippen LogP contribution is 2.24. The van der Waals surface area contributed by atoms with Crippen molar-refractivity contribution in [2.75, 3.05) is 12.4 Å². The summed E-state index contributed by atoms with van der Waals surface area (Å²) in [5, 5.41) is 12.5. The van der Waals surface area contributed by atoms with Gasteiger partial charge in [-0.3, -0.25) is 4.98 Å². The third kappa shape index (κ3) is 2.91. The van der Waals surface area contributed by atoms with E-state index in [-0.39, 0.29) is 5.75 Å². The van der Waals surface area contributed by atoms with E-state index >= 15 is 0 Å². The summed E-state index contributed by atoms with van der Waals surface area (Å²) in [5.41, 5.74) is 2.94. The molecule has 0 aliphatic rings. The van der Waals surface area contributed by atoms with Gasteiger partial charge < -0.3 is 15.2 Å². The summed E-state index contributed by atoms with van der Waals surface area (Å²) in [6.07, 6.45) is 1.70. The molecule has 0 aliphatic carbocycles. The SMILES string of the molecule is COc1cnc(C)cc1NCc1ccc(O)cc1. The Morgan fingerprint density at radius 3 is 2.67 bits per heavy atom. The van der Waals surface area contributed by atoms with Crippen molar-refractivity contribution >= 4 is 5.69 Å². The van der Waals surface area contributed by atoms with Crippen LogP contribution >= 0.6 is 0 Å². The molecule has 1 aromatic carbocycles. The largest absolute Gasteiger partial charge is 0.508 e. The van der Waals surface area contributed by atoms with Gasteiger partial charge in [-0.05, 0) is 30.7 Å². The molecule has 4 nitrogen and oxygen atoms in total. The molecule has 0 saturated carbocycles. The van der Waals surface area contributed by atoms with Crippen LogP contribution in [0.15, 0.2) is 36.5 Å². The predicted octanol–water partition coefficient (Wildman–Crippen LogP) is 2.72. The molecule has 0 atom stereocenters. The van der Waals surface area contributed by atoms with E-state index in [1.807, 2.05) is 25.1 Å². The van der Waals surface area contributed by atoms with Crippen LogP contribution in [0.3, 0.4) is 0 Å². The lowest BCUT2D eigenvalue weighted by Crippen LogP contribution is -2.02. The number of phenols is 1. The first-order valence-electron chi connectivity index (χ1n) is 5.71. The molecule has 1 heterocycles. The quantitative estimate of drug-likeness (QED) is 0.868. The fraction of sp³-hybridized carbons (Fsp3) is 0.214. The van der Waals surface area contributed by atoms with Crippen LogP contribution in [0.1, 0.15) is 11.3 Å². The fourth-order valence-corrected chi connectivity index (χ4v) is 1.66. The summed E-state index contributed by atoms with van der Waals surface area (Å²) < 4.78 is 5.24. The van der Waals surface area contributed by atoms with Crippen molar-refractivity contribution in [1.29, 1.82) is 0 Å². The fourth-order valence-electron chi connectivity index (χ4n) is 1.66. The van der Waals surface area contributed by atoms with E-state index in [4.69, 9.17) is 4.74 Å². The zero-order chi connectivity index (χ0) is 13.0. The summed E-state index contributed by atoms with van der Waals surface area (Å²) in [6.45, 7) is 2.60. The summed E-state index contributed by atoms with van der Waals surface area (Å²) in [7, 11) is 1.62. The molecule has 0 aliphatic heterocycles. The van der Waals surface area contributed by atoms with Crippen molar-refractivity contribution in [1.82, 2.24) is 4.98 Å². The molecule has 1 aromatic heterocycles. The van der Waals surface area contributed by atoms with Crippen LogP contribution in [0.4, 0.5) is 5.69 Å². The van der Waals surface area contributed by atoms with E-state index in [0.29, 0.717) is 6.54 Å². The number of anilines is 1. The number of methoxy groups -OCH3 is 1. The van der Waals surface area contributed by atoms with Crippen LogP contribution in [0.2, 0.25) is 0 Å². The van der Waals surface area contributed by atoms with E-state index in [1.165, 1.54) is 0 Å². The van der Waals surface area contributed by atoms with Crippen LogP contribution in [-0.2, 0) is 6.54 Å². The van der Waals surface area contributed by atoms with Gasteiger partial charge in [0, 0.05) is 12.2 Å². The number of nitrogens with one attached hydrogen (secondary N) is 1. The van der Waals surface area contributed by atoms with Gasteiger partial charge in [0.1, 0.15) is 5.75 Å². The molecule has 0 radical (unpaired) electrons. The van der Waals surface area contributed by atoms with Crippen molar-refractivity contribution in [3.05, 3.63) is 47.8 Å². The minimum absolute atomic E-state index is 0.274. The summed E-state index contributed by atoms with van der Waals surface area (Å²) >= 11 is 0. The average molecular weight is 244 g/mol. The number of pyridine rings is 1. The molecule has 4 heteroatoms. The van der Waals surface area contributed by atoms with Gasteiger partial charge in [-0.25, -0.2) is 0 Å². The lowest BCUT2D eigenvalue weighted by atomic mass is 10.2. The first-order valence-corrected chi connectivity index (χ1v) is 5.71. The number of hydrogen-bond acceptors (Lipinski definition) is 4. The van der Waals surface area contributed by atoms with Crippen LogP contribution in [0.5, 0.6) is 11.5 Å². The summed E-state index contributed by atoms with van der Waals surface area (Å²) in [5.74, 6) is 0.996. The van der Waals surface area contributed by atoms with Crippen molar-refractivity contribution in [2.24, 2.45) is 0 Å². The maximum absolute atomic E-state index is 9.21. The minimum Gasteiger partial charge on any atom is -0.508 e. The lowest BCUT2D eigenvalue weighted by molar-refractivity contribution is 0.414. The van der Waals surface area contributed by atoms with E-state index in [9.17, 15) is 5.11 Å². The average Bonchev–Trinajstić information content (AvgIpc) is 2.38. The van der Waals surface area contributed by atoms with Gasteiger partial charge in [0.2, 0.25) is 0 Å². The Kier molecular flexibility index (Phi) is 3.67. The number of phenolic OH excluding ortho intramolecular Hbond substituents is 1. The number of benzene rings is 1.